The van der Waals surface area contributed by atoms with Gasteiger partial charge in [-0.25, -0.2) is 9.48 Å². The summed E-state index contributed by atoms with van der Waals surface area (Å²) in [5.74, 6) is -1.27. The van der Waals surface area contributed by atoms with E-state index in [0.29, 0.717) is 12.2 Å². The Labute approximate surface area is 126 Å². The van der Waals surface area contributed by atoms with Gasteiger partial charge in [-0.1, -0.05) is 13.0 Å². The number of fused-ring (bicyclic) bond motifs is 1. The van der Waals surface area contributed by atoms with Crippen LogP contribution in [0.3, 0.4) is 0 Å². The molecule has 2 aromatic heterocycles. The number of carboxylic acid groups (broad SMARTS) is 1. The fourth-order valence-electron chi connectivity index (χ4n) is 2.07. The number of aliphatic carboxylic acids is 1. The van der Waals surface area contributed by atoms with E-state index in [2.05, 4.69) is 10.4 Å². The fourth-order valence-corrected chi connectivity index (χ4v) is 2.07. The van der Waals surface area contributed by atoms with E-state index in [0.717, 1.165) is 0 Å². The van der Waals surface area contributed by atoms with Crippen LogP contribution < -0.4 is 11.0 Å². The van der Waals surface area contributed by atoms with Crippen LogP contribution in [0.4, 0.5) is 0 Å². The number of aromatic nitrogens is 3. The van der Waals surface area contributed by atoms with Crippen LogP contribution in [0.15, 0.2) is 29.2 Å². The van der Waals surface area contributed by atoms with Gasteiger partial charge >= 0.3 is 11.7 Å². The first kappa shape index (κ1) is 15.7. The zero-order valence-electron chi connectivity index (χ0n) is 12.2. The van der Waals surface area contributed by atoms with Crippen LogP contribution in [0, 0.1) is 5.92 Å². The van der Waals surface area contributed by atoms with Crippen molar-refractivity contribution in [3.05, 3.63) is 34.9 Å². The van der Waals surface area contributed by atoms with E-state index in [9.17, 15) is 14.4 Å². The minimum Gasteiger partial charge on any atom is -0.481 e. The molecule has 0 bridgehead atoms. The number of rotatable bonds is 7. The van der Waals surface area contributed by atoms with Gasteiger partial charge in [0.2, 0.25) is 5.91 Å². The van der Waals surface area contributed by atoms with Gasteiger partial charge in [0.15, 0.2) is 5.65 Å². The number of carboxylic acids is 1. The molecule has 0 radical (unpaired) electrons. The Hall–Kier alpha value is -2.64. The molecule has 2 aromatic rings. The molecule has 0 aromatic carbocycles. The van der Waals surface area contributed by atoms with Crippen LogP contribution >= 0.6 is 0 Å². The summed E-state index contributed by atoms with van der Waals surface area (Å²) < 4.78 is 2.66. The first-order valence-electron chi connectivity index (χ1n) is 7.00. The van der Waals surface area contributed by atoms with Crippen molar-refractivity contribution < 1.29 is 14.7 Å². The lowest BCUT2D eigenvalue weighted by molar-refractivity contribution is -0.138. The molecule has 0 aliphatic rings. The van der Waals surface area contributed by atoms with E-state index in [-0.39, 0.29) is 36.9 Å². The molecule has 0 spiro atoms. The van der Waals surface area contributed by atoms with Gasteiger partial charge in [-0.05, 0) is 18.1 Å². The van der Waals surface area contributed by atoms with Crippen molar-refractivity contribution in [2.24, 2.45) is 5.92 Å². The average Bonchev–Trinajstić information content (AvgIpc) is 2.79. The van der Waals surface area contributed by atoms with Crippen molar-refractivity contribution in [1.29, 1.82) is 0 Å². The third-order valence-corrected chi connectivity index (χ3v) is 3.21. The maximum absolute atomic E-state index is 12.0. The van der Waals surface area contributed by atoms with Gasteiger partial charge in [-0.15, -0.1) is 5.10 Å². The van der Waals surface area contributed by atoms with Crippen molar-refractivity contribution in [2.45, 2.75) is 26.3 Å². The number of hydrogen-bond acceptors (Lipinski definition) is 4. The summed E-state index contributed by atoms with van der Waals surface area (Å²) in [6.45, 7) is 2.23. The Bertz CT molecular complexity index is 734. The van der Waals surface area contributed by atoms with Gasteiger partial charge in [-0.3, -0.25) is 14.0 Å². The Kier molecular flexibility index (Phi) is 4.92. The van der Waals surface area contributed by atoms with Gasteiger partial charge in [-0.2, -0.15) is 0 Å². The van der Waals surface area contributed by atoms with Crippen molar-refractivity contribution >= 4 is 17.5 Å². The Balaban J connectivity index is 1.86. The average molecular weight is 306 g/mol. The number of aryl methyl sites for hydroxylation is 1. The molecule has 8 nitrogen and oxygen atoms in total. The van der Waals surface area contributed by atoms with E-state index in [1.807, 2.05) is 0 Å². The molecule has 1 unspecified atom stereocenters. The zero-order valence-corrected chi connectivity index (χ0v) is 12.2. The molecule has 2 N–H and O–H groups in total. The highest BCUT2D eigenvalue weighted by Gasteiger charge is 2.11. The second-order valence-corrected chi connectivity index (χ2v) is 5.19. The molecule has 0 saturated heterocycles. The minimum absolute atomic E-state index is 0.00612. The number of nitrogens with zero attached hydrogens (tertiary/aromatic N) is 3. The maximum Gasteiger partial charge on any atom is 0.350 e. The van der Waals surface area contributed by atoms with Crippen molar-refractivity contribution in [3.8, 4) is 0 Å². The molecule has 118 valence electrons. The highest BCUT2D eigenvalue weighted by molar-refractivity contribution is 5.75. The Morgan fingerprint density at radius 1 is 1.41 bits per heavy atom. The number of pyridine rings is 1. The summed E-state index contributed by atoms with van der Waals surface area (Å²) in [5, 5.41) is 15.4. The largest absolute Gasteiger partial charge is 0.481 e. The van der Waals surface area contributed by atoms with E-state index >= 15 is 0 Å². The van der Waals surface area contributed by atoms with Crippen molar-refractivity contribution in [3.63, 3.8) is 0 Å². The molecule has 1 atom stereocenters. The lowest BCUT2D eigenvalue weighted by Gasteiger charge is -2.10. The highest BCUT2D eigenvalue weighted by atomic mass is 16.4. The Morgan fingerprint density at radius 3 is 2.86 bits per heavy atom. The lowest BCUT2D eigenvalue weighted by atomic mass is 10.1. The summed E-state index contributed by atoms with van der Waals surface area (Å²) >= 11 is 0. The summed E-state index contributed by atoms with van der Waals surface area (Å²) in [4.78, 5) is 34.2. The van der Waals surface area contributed by atoms with Crippen LogP contribution in [0.1, 0.15) is 19.8 Å². The molecule has 1 amide bonds. The number of carbonyl (C=O) groups excluding carboxylic acids is 1. The standard InChI is InChI=1S/C14H18N4O4/c1-10(8-13(20)21)9-15-12(19)5-7-18-14(22)17-6-3-2-4-11(17)16-18/h2-4,6,10H,5,7-9H2,1H3,(H,15,19)(H,20,21). The van der Waals surface area contributed by atoms with Crippen molar-refractivity contribution in [1.82, 2.24) is 19.5 Å². The molecular formula is C14H18N4O4. The van der Waals surface area contributed by atoms with E-state index < -0.39 is 5.97 Å². The number of carbonyl (C=O) groups is 2. The molecule has 2 heterocycles. The lowest BCUT2D eigenvalue weighted by Crippen LogP contribution is -2.31. The van der Waals surface area contributed by atoms with Crippen LogP contribution in [0.2, 0.25) is 0 Å². The molecule has 0 aliphatic carbocycles. The number of amides is 1. The van der Waals surface area contributed by atoms with Crippen LogP contribution in [-0.4, -0.2) is 37.7 Å². The fraction of sp³-hybridized carbons (Fsp3) is 0.429. The molecule has 0 saturated carbocycles. The van der Waals surface area contributed by atoms with Gasteiger partial charge in [0.25, 0.3) is 0 Å². The summed E-state index contributed by atoms with van der Waals surface area (Å²) in [5.41, 5.74) is 0.241. The van der Waals surface area contributed by atoms with Crippen molar-refractivity contribution in [2.75, 3.05) is 6.54 Å². The van der Waals surface area contributed by atoms with Gasteiger partial charge in [0.1, 0.15) is 0 Å². The molecule has 2 rings (SSSR count). The van der Waals surface area contributed by atoms with Crippen LogP contribution in [0.25, 0.3) is 5.65 Å². The Morgan fingerprint density at radius 2 is 2.18 bits per heavy atom. The summed E-state index contributed by atoms with van der Waals surface area (Å²) in [6, 6.07) is 5.23. The molecule has 0 aliphatic heterocycles. The topological polar surface area (TPSA) is 106 Å². The SMILES string of the molecule is CC(CNC(=O)CCn1nc2ccccn2c1=O)CC(=O)O. The molecular weight excluding hydrogens is 288 g/mol. The summed E-state index contributed by atoms with van der Waals surface area (Å²) in [7, 11) is 0. The van der Waals surface area contributed by atoms with Crippen LogP contribution in [0.5, 0.6) is 0 Å². The highest BCUT2D eigenvalue weighted by Crippen LogP contribution is 2.00. The zero-order chi connectivity index (χ0) is 16.1. The van der Waals surface area contributed by atoms with E-state index in [4.69, 9.17) is 5.11 Å². The molecule has 8 heteroatoms. The predicted molar refractivity (Wildman–Crippen MR) is 78.5 cm³/mol. The van der Waals surface area contributed by atoms with E-state index in [1.54, 1.807) is 31.3 Å². The predicted octanol–water partition coefficient (Wildman–Crippen LogP) is 0.113. The second kappa shape index (κ2) is 6.88. The molecule has 0 fully saturated rings. The smallest absolute Gasteiger partial charge is 0.350 e. The number of hydrogen-bond donors (Lipinski definition) is 2. The monoisotopic (exact) mass is 306 g/mol. The normalized spacial score (nSPS) is 12.2. The quantitative estimate of drug-likeness (QED) is 0.755. The third kappa shape index (κ3) is 3.94. The molecule has 22 heavy (non-hydrogen) atoms. The van der Waals surface area contributed by atoms with Gasteiger partial charge in [0, 0.05) is 25.6 Å². The number of nitrogens with one attached hydrogen (secondary N) is 1. The third-order valence-electron chi connectivity index (χ3n) is 3.21. The first-order valence-corrected chi connectivity index (χ1v) is 7.00. The van der Waals surface area contributed by atoms with E-state index in [1.165, 1.54) is 9.08 Å². The summed E-state index contributed by atoms with van der Waals surface area (Å²) in [6.07, 6.45) is 1.74. The van der Waals surface area contributed by atoms with Crippen LogP contribution in [-0.2, 0) is 16.1 Å². The second-order valence-electron chi connectivity index (χ2n) is 5.19. The first-order chi connectivity index (χ1) is 10.5. The van der Waals surface area contributed by atoms with Gasteiger partial charge < -0.3 is 10.4 Å². The minimum atomic E-state index is -0.891. The van der Waals surface area contributed by atoms with Gasteiger partial charge in [0.05, 0.1) is 6.54 Å². The maximum atomic E-state index is 12.0.